The number of ketones is 1. The molecule has 7 heteroatoms. The third-order valence-corrected chi connectivity index (χ3v) is 5.98. The van der Waals surface area contributed by atoms with E-state index < -0.39 is 11.6 Å². The Hall–Kier alpha value is -2.70. The van der Waals surface area contributed by atoms with E-state index >= 15 is 0 Å². The fraction of sp³-hybridized carbons (Fsp3) is 0.500. The van der Waals surface area contributed by atoms with Crippen LogP contribution in [0.5, 0.6) is 0 Å². The number of hydrogen-bond acceptors (Lipinski definition) is 4. The second-order valence-corrected chi connectivity index (χ2v) is 7.71. The number of anilines is 1. The average molecular weight is 369 g/mol. The summed E-state index contributed by atoms with van der Waals surface area (Å²) in [7, 11) is 1.70. The van der Waals surface area contributed by atoms with Gasteiger partial charge in [0, 0.05) is 18.3 Å². The fourth-order valence-electron chi connectivity index (χ4n) is 4.37. The molecule has 2 heterocycles. The first-order valence-corrected chi connectivity index (χ1v) is 9.48. The lowest BCUT2D eigenvalue weighted by atomic mass is 9.90. The van der Waals surface area contributed by atoms with Crippen molar-refractivity contribution >= 4 is 29.3 Å². The number of carbonyl (C=O) groups excluding carboxylic acids is 4. The molecule has 7 nitrogen and oxygen atoms in total. The number of likely N-dealkylation sites (N-methyl/N-ethyl adjacent to an activating group) is 1. The maximum atomic E-state index is 12.9. The van der Waals surface area contributed by atoms with Crippen LogP contribution in [0.2, 0.25) is 0 Å². The van der Waals surface area contributed by atoms with E-state index in [0.29, 0.717) is 18.4 Å². The molecule has 0 bridgehead atoms. The summed E-state index contributed by atoms with van der Waals surface area (Å²) in [6, 6.07) is 4.60. The summed E-state index contributed by atoms with van der Waals surface area (Å²) in [5, 5.41) is 2.85. The van der Waals surface area contributed by atoms with Gasteiger partial charge in [0.25, 0.3) is 5.91 Å². The van der Waals surface area contributed by atoms with E-state index in [9.17, 15) is 19.2 Å². The summed E-state index contributed by atoms with van der Waals surface area (Å²) in [6.07, 6.45) is 5.46. The summed E-state index contributed by atoms with van der Waals surface area (Å²) in [6.45, 7) is -0.269. The SMILES string of the molecule is CN1C(=O)Cc2cc(C(=O)CN3C(=O)NC4(CCCCCC4)C3=O)ccc21. The van der Waals surface area contributed by atoms with Gasteiger partial charge in [0.15, 0.2) is 5.78 Å². The van der Waals surface area contributed by atoms with Crippen molar-refractivity contribution in [2.45, 2.75) is 50.5 Å². The summed E-state index contributed by atoms with van der Waals surface area (Å²) in [4.78, 5) is 52.5. The van der Waals surface area contributed by atoms with Crippen LogP contribution < -0.4 is 10.2 Å². The van der Waals surface area contributed by atoms with Crippen LogP contribution in [-0.2, 0) is 16.0 Å². The minimum absolute atomic E-state index is 0.0148. The number of nitrogens with one attached hydrogen (secondary N) is 1. The molecule has 2 aliphatic heterocycles. The van der Waals surface area contributed by atoms with Crippen molar-refractivity contribution in [3.05, 3.63) is 29.3 Å². The molecule has 1 aromatic carbocycles. The first-order chi connectivity index (χ1) is 12.9. The van der Waals surface area contributed by atoms with Gasteiger partial charge in [0.2, 0.25) is 5.91 Å². The molecule has 27 heavy (non-hydrogen) atoms. The van der Waals surface area contributed by atoms with Gasteiger partial charge in [-0.05, 0) is 36.6 Å². The lowest BCUT2D eigenvalue weighted by molar-refractivity contribution is -0.131. The zero-order valence-corrected chi connectivity index (χ0v) is 15.4. The van der Waals surface area contributed by atoms with Crippen molar-refractivity contribution in [2.24, 2.45) is 0 Å². The molecule has 142 valence electrons. The van der Waals surface area contributed by atoms with E-state index in [-0.39, 0.29) is 30.6 Å². The summed E-state index contributed by atoms with van der Waals surface area (Å²) in [5.41, 5.74) is 1.18. The Bertz CT molecular complexity index is 840. The van der Waals surface area contributed by atoms with E-state index in [4.69, 9.17) is 0 Å². The van der Waals surface area contributed by atoms with E-state index in [1.165, 1.54) is 0 Å². The smallest absolute Gasteiger partial charge is 0.323 e. The predicted octanol–water partition coefficient (Wildman–Crippen LogP) is 2.03. The standard InChI is InChI=1S/C20H23N3O4/c1-22-15-7-6-13(10-14(15)11-17(22)25)16(24)12-23-18(26)20(21-19(23)27)8-4-2-3-5-9-20/h6-7,10H,2-5,8-9,11-12H2,1H3,(H,21,27). The van der Waals surface area contributed by atoms with E-state index in [1.54, 1.807) is 30.1 Å². The summed E-state index contributed by atoms with van der Waals surface area (Å²) >= 11 is 0. The van der Waals surface area contributed by atoms with Gasteiger partial charge >= 0.3 is 6.03 Å². The zero-order chi connectivity index (χ0) is 19.2. The molecule has 1 aromatic rings. The number of nitrogens with zero attached hydrogens (tertiary/aromatic N) is 2. The Labute approximate surface area is 157 Å². The lowest BCUT2D eigenvalue weighted by Gasteiger charge is -2.24. The van der Waals surface area contributed by atoms with Crippen LogP contribution in [0.4, 0.5) is 10.5 Å². The maximum absolute atomic E-state index is 12.9. The molecule has 1 spiro atoms. The van der Waals surface area contributed by atoms with Gasteiger partial charge in [0.1, 0.15) is 5.54 Å². The molecule has 0 unspecified atom stereocenters. The fourth-order valence-corrected chi connectivity index (χ4v) is 4.37. The molecule has 4 amide bonds. The van der Waals surface area contributed by atoms with Gasteiger partial charge in [-0.15, -0.1) is 0 Å². The van der Waals surface area contributed by atoms with E-state index in [1.807, 2.05) is 0 Å². The van der Waals surface area contributed by atoms with Crippen molar-refractivity contribution in [3.8, 4) is 0 Å². The van der Waals surface area contributed by atoms with Crippen LogP contribution in [0.25, 0.3) is 0 Å². The quantitative estimate of drug-likeness (QED) is 0.652. The minimum Gasteiger partial charge on any atom is -0.323 e. The van der Waals surface area contributed by atoms with E-state index in [0.717, 1.165) is 41.8 Å². The molecule has 0 aromatic heterocycles. The van der Waals surface area contributed by atoms with Gasteiger partial charge in [-0.25, -0.2) is 4.79 Å². The second kappa shape index (κ2) is 6.48. The normalized spacial score (nSPS) is 21.4. The molecule has 3 aliphatic rings. The average Bonchev–Trinajstić information content (AvgIpc) is 2.93. The molecule has 4 rings (SSSR count). The predicted molar refractivity (Wildman–Crippen MR) is 98.6 cm³/mol. The van der Waals surface area contributed by atoms with Crippen LogP contribution in [0, 0.1) is 0 Å². The largest absolute Gasteiger partial charge is 0.325 e. The number of urea groups is 1. The number of carbonyl (C=O) groups is 4. The lowest BCUT2D eigenvalue weighted by Crippen LogP contribution is -2.46. The van der Waals surface area contributed by atoms with Crippen molar-refractivity contribution in [2.75, 3.05) is 18.5 Å². The highest BCUT2D eigenvalue weighted by Crippen LogP contribution is 2.33. The number of imide groups is 1. The molecule has 2 fully saturated rings. The third kappa shape index (κ3) is 2.91. The summed E-state index contributed by atoms with van der Waals surface area (Å²) in [5.74, 6) is -0.591. The Kier molecular flexibility index (Phi) is 4.25. The van der Waals surface area contributed by atoms with Gasteiger partial charge < -0.3 is 10.2 Å². The number of benzene rings is 1. The number of hydrogen-bond donors (Lipinski definition) is 1. The number of rotatable bonds is 3. The molecule has 1 saturated carbocycles. The molecule has 0 atom stereocenters. The van der Waals surface area contributed by atoms with Gasteiger partial charge in [0.05, 0.1) is 13.0 Å². The Balaban J connectivity index is 1.52. The van der Waals surface area contributed by atoms with Crippen molar-refractivity contribution < 1.29 is 19.2 Å². The van der Waals surface area contributed by atoms with Crippen LogP contribution in [0.1, 0.15) is 54.4 Å². The van der Waals surface area contributed by atoms with Crippen LogP contribution in [0.15, 0.2) is 18.2 Å². The molecule has 0 radical (unpaired) electrons. The molecule has 1 saturated heterocycles. The molecular weight excluding hydrogens is 346 g/mol. The topological polar surface area (TPSA) is 86.8 Å². The summed E-state index contributed by atoms with van der Waals surface area (Å²) < 4.78 is 0. The van der Waals surface area contributed by atoms with Crippen molar-refractivity contribution in [3.63, 3.8) is 0 Å². The highest BCUT2D eigenvalue weighted by molar-refractivity contribution is 6.11. The minimum atomic E-state index is -0.832. The highest BCUT2D eigenvalue weighted by Gasteiger charge is 2.51. The third-order valence-electron chi connectivity index (χ3n) is 5.98. The van der Waals surface area contributed by atoms with Crippen LogP contribution in [-0.4, -0.2) is 47.7 Å². The first-order valence-electron chi connectivity index (χ1n) is 9.48. The van der Waals surface area contributed by atoms with Gasteiger partial charge in [-0.3, -0.25) is 19.3 Å². The van der Waals surface area contributed by atoms with E-state index in [2.05, 4.69) is 5.32 Å². The number of Topliss-reactive ketones (excluding diaryl/α,β-unsaturated/α-hetero) is 1. The van der Waals surface area contributed by atoms with Gasteiger partial charge in [-0.1, -0.05) is 25.7 Å². The highest BCUT2D eigenvalue weighted by atomic mass is 16.2. The van der Waals surface area contributed by atoms with Crippen LogP contribution >= 0.6 is 0 Å². The number of fused-ring (bicyclic) bond motifs is 1. The monoisotopic (exact) mass is 369 g/mol. The maximum Gasteiger partial charge on any atom is 0.325 e. The first kappa shape index (κ1) is 17.7. The van der Waals surface area contributed by atoms with Crippen LogP contribution in [0.3, 0.4) is 0 Å². The molecular formula is C20H23N3O4. The Morgan fingerprint density at radius 3 is 2.52 bits per heavy atom. The second-order valence-electron chi connectivity index (χ2n) is 7.71. The molecule has 1 aliphatic carbocycles. The van der Waals surface area contributed by atoms with Gasteiger partial charge in [-0.2, -0.15) is 0 Å². The Morgan fingerprint density at radius 2 is 1.81 bits per heavy atom. The molecule has 1 N–H and O–H groups in total. The zero-order valence-electron chi connectivity index (χ0n) is 15.4. The van der Waals surface area contributed by atoms with Crippen molar-refractivity contribution in [1.82, 2.24) is 10.2 Å². The van der Waals surface area contributed by atoms with Crippen molar-refractivity contribution in [1.29, 1.82) is 0 Å². The Morgan fingerprint density at radius 1 is 1.11 bits per heavy atom. The number of amides is 4.